The highest BCUT2D eigenvalue weighted by Crippen LogP contribution is 2.26. The third kappa shape index (κ3) is 3.37. The molecule has 2 aromatic rings. The van der Waals surface area contributed by atoms with Crippen molar-refractivity contribution < 1.29 is 4.79 Å². The fourth-order valence-electron chi connectivity index (χ4n) is 2.98. The predicted octanol–water partition coefficient (Wildman–Crippen LogP) is 4.29. The number of hydrogen-bond acceptors (Lipinski definition) is 3. The van der Waals surface area contributed by atoms with E-state index in [1.54, 1.807) is 16.7 Å². The van der Waals surface area contributed by atoms with E-state index in [0.717, 1.165) is 29.2 Å². The first kappa shape index (κ1) is 15.9. The van der Waals surface area contributed by atoms with Crippen LogP contribution in [0.5, 0.6) is 0 Å². The van der Waals surface area contributed by atoms with Gasteiger partial charge in [-0.15, -0.1) is 11.8 Å². The molecule has 0 unspecified atom stereocenters. The summed E-state index contributed by atoms with van der Waals surface area (Å²) in [6, 6.07) is 16.1. The first-order valence-corrected chi connectivity index (χ1v) is 9.19. The highest BCUT2D eigenvalue weighted by atomic mass is 32.2. The Labute approximate surface area is 142 Å². The van der Waals surface area contributed by atoms with Gasteiger partial charge in [0.1, 0.15) is 0 Å². The van der Waals surface area contributed by atoms with Crippen molar-refractivity contribution in [2.45, 2.75) is 17.7 Å². The Morgan fingerprint density at radius 3 is 2.35 bits per heavy atom. The second kappa shape index (κ2) is 7.09. The van der Waals surface area contributed by atoms with Crippen molar-refractivity contribution in [3.63, 3.8) is 0 Å². The van der Waals surface area contributed by atoms with E-state index in [0.29, 0.717) is 0 Å². The number of anilines is 2. The van der Waals surface area contributed by atoms with Crippen molar-refractivity contribution in [1.29, 1.82) is 0 Å². The van der Waals surface area contributed by atoms with Crippen LogP contribution >= 0.6 is 11.8 Å². The molecule has 1 aliphatic heterocycles. The molecule has 0 radical (unpaired) electrons. The smallest absolute Gasteiger partial charge is 0.259 e. The van der Waals surface area contributed by atoms with Crippen LogP contribution in [-0.2, 0) is 0 Å². The Kier molecular flexibility index (Phi) is 4.91. The van der Waals surface area contributed by atoms with Gasteiger partial charge < -0.3 is 9.80 Å². The van der Waals surface area contributed by atoms with Crippen LogP contribution in [0, 0.1) is 0 Å². The van der Waals surface area contributed by atoms with Crippen LogP contribution in [0.1, 0.15) is 23.2 Å². The van der Waals surface area contributed by atoms with Crippen LogP contribution in [0.4, 0.5) is 11.4 Å². The van der Waals surface area contributed by atoms with Gasteiger partial charge in [0.05, 0.1) is 5.56 Å². The second-order valence-corrected chi connectivity index (χ2v) is 6.62. The fraction of sp³-hybridized carbons (Fsp3) is 0.316. The van der Waals surface area contributed by atoms with Crippen LogP contribution in [0.15, 0.2) is 53.4 Å². The van der Waals surface area contributed by atoms with Crippen molar-refractivity contribution in [2.24, 2.45) is 0 Å². The lowest BCUT2D eigenvalue weighted by Crippen LogP contribution is -2.26. The molecule has 3 rings (SSSR count). The molecular weight excluding hydrogens is 304 g/mol. The van der Waals surface area contributed by atoms with Gasteiger partial charge in [-0.2, -0.15) is 0 Å². The van der Waals surface area contributed by atoms with Gasteiger partial charge in [-0.1, -0.05) is 12.1 Å². The van der Waals surface area contributed by atoms with Crippen molar-refractivity contribution in [3.05, 3.63) is 54.1 Å². The minimum Gasteiger partial charge on any atom is -0.372 e. The average molecular weight is 326 g/mol. The van der Waals surface area contributed by atoms with Gasteiger partial charge in [-0.05, 0) is 55.5 Å². The van der Waals surface area contributed by atoms with Gasteiger partial charge in [0, 0.05) is 36.4 Å². The Morgan fingerprint density at radius 2 is 1.70 bits per heavy atom. The zero-order chi connectivity index (χ0) is 16.2. The number of hydrogen-bond donors (Lipinski definition) is 0. The molecule has 0 aromatic heterocycles. The molecule has 120 valence electrons. The Balaban J connectivity index is 1.79. The van der Waals surface area contributed by atoms with Crippen LogP contribution in [0.2, 0.25) is 0 Å². The molecule has 0 saturated carbocycles. The van der Waals surface area contributed by atoms with Crippen molar-refractivity contribution in [3.8, 4) is 0 Å². The quantitative estimate of drug-likeness (QED) is 0.783. The van der Waals surface area contributed by atoms with E-state index in [9.17, 15) is 4.79 Å². The summed E-state index contributed by atoms with van der Waals surface area (Å²) in [5, 5.41) is 0. The summed E-state index contributed by atoms with van der Waals surface area (Å²) in [5.41, 5.74) is 2.93. The lowest BCUT2D eigenvalue weighted by molar-refractivity contribution is 0.0990. The van der Waals surface area contributed by atoms with Gasteiger partial charge >= 0.3 is 0 Å². The third-order valence-corrected chi connectivity index (χ3v) is 5.15. The summed E-state index contributed by atoms with van der Waals surface area (Å²) in [6.45, 7) is 2.27. The number of nitrogens with zero attached hydrogens (tertiary/aromatic N) is 2. The standard InChI is InChI=1S/C19H22N2OS/c1-20(19(22)17-7-3-4-8-18(17)23-2)15-9-11-16(12-10-15)21-13-5-6-14-21/h3-4,7-12H,5-6,13-14H2,1-2H3. The zero-order valence-electron chi connectivity index (χ0n) is 13.7. The number of carbonyl (C=O) groups is 1. The maximum absolute atomic E-state index is 12.8. The molecule has 0 spiro atoms. The molecule has 1 amide bonds. The Hall–Kier alpha value is -1.94. The molecule has 2 aromatic carbocycles. The highest BCUT2D eigenvalue weighted by Gasteiger charge is 2.17. The number of rotatable bonds is 4. The summed E-state index contributed by atoms with van der Waals surface area (Å²) < 4.78 is 0. The summed E-state index contributed by atoms with van der Waals surface area (Å²) >= 11 is 1.60. The van der Waals surface area contributed by atoms with Crippen LogP contribution in [0.3, 0.4) is 0 Å². The van der Waals surface area contributed by atoms with E-state index in [4.69, 9.17) is 0 Å². The topological polar surface area (TPSA) is 23.6 Å². The van der Waals surface area contributed by atoms with Gasteiger partial charge in [-0.3, -0.25) is 4.79 Å². The van der Waals surface area contributed by atoms with E-state index in [1.165, 1.54) is 18.5 Å². The summed E-state index contributed by atoms with van der Waals surface area (Å²) in [5.74, 6) is 0.0314. The molecule has 0 N–H and O–H groups in total. The summed E-state index contributed by atoms with van der Waals surface area (Å²) in [7, 11) is 1.84. The summed E-state index contributed by atoms with van der Waals surface area (Å²) in [6.07, 6.45) is 4.54. The van der Waals surface area contributed by atoms with Crippen LogP contribution < -0.4 is 9.80 Å². The van der Waals surface area contributed by atoms with Crippen LogP contribution in [0.25, 0.3) is 0 Å². The Bertz CT molecular complexity index is 678. The largest absolute Gasteiger partial charge is 0.372 e. The summed E-state index contributed by atoms with van der Waals surface area (Å²) in [4.78, 5) is 17.9. The highest BCUT2D eigenvalue weighted by molar-refractivity contribution is 7.98. The third-order valence-electron chi connectivity index (χ3n) is 4.35. The molecule has 1 aliphatic rings. The first-order chi connectivity index (χ1) is 11.2. The average Bonchev–Trinajstić information content (AvgIpc) is 3.15. The van der Waals surface area contributed by atoms with E-state index < -0.39 is 0 Å². The lowest BCUT2D eigenvalue weighted by Gasteiger charge is -2.21. The van der Waals surface area contributed by atoms with E-state index in [2.05, 4.69) is 17.0 Å². The molecule has 1 fully saturated rings. The Morgan fingerprint density at radius 1 is 1.04 bits per heavy atom. The number of amides is 1. The molecule has 1 saturated heterocycles. The molecule has 0 aliphatic carbocycles. The molecule has 23 heavy (non-hydrogen) atoms. The lowest BCUT2D eigenvalue weighted by atomic mass is 10.2. The number of thioether (sulfide) groups is 1. The predicted molar refractivity (Wildman–Crippen MR) is 98.8 cm³/mol. The van der Waals surface area contributed by atoms with E-state index >= 15 is 0 Å². The van der Waals surface area contributed by atoms with Gasteiger partial charge in [0.25, 0.3) is 5.91 Å². The van der Waals surface area contributed by atoms with Crippen LogP contribution in [-0.4, -0.2) is 32.3 Å². The van der Waals surface area contributed by atoms with Crippen molar-refractivity contribution in [1.82, 2.24) is 0 Å². The SMILES string of the molecule is CSc1ccccc1C(=O)N(C)c1ccc(N2CCCC2)cc1. The van der Waals surface area contributed by atoms with Gasteiger partial charge in [-0.25, -0.2) is 0 Å². The fourth-order valence-corrected chi connectivity index (χ4v) is 3.57. The minimum absolute atomic E-state index is 0.0314. The van der Waals surface area contributed by atoms with Gasteiger partial charge in [0.2, 0.25) is 0 Å². The first-order valence-electron chi connectivity index (χ1n) is 7.97. The second-order valence-electron chi connectivity index (χ2n) is 5.78. The molecule has 4 heteroatoms. The number of carbonyl (C=O) groups excluding carboxylic acids is 1. The van der Waals surface area contributed by atoms with E-state index in [-0.39, 0.29) is 5.91 Å². The molecule has 3 nitrogen and oxygen atoms in total. The zero-order valence-corrected chi connectivity index (χ0v) is 14.5. The maximum Gasteiger partial charge on any atom is 0.259 e. The molecular formula is C19H22N2OS. The molecule has 0 bridgehead atoms. The molecule has 0 atom stereocenters. The van der Waals surface area contributed by atoms with Crippen molar-refractivity contribution in [2.75, 3.05) is 36.2 Å². The number of benzene rings is 2. The maximum atomic E-state index is 12.8. The molecule has 1 heterocycles. The van der Waals surface area contributed by atoms with Gasteiger partial charge in [0.15, 0.2) is 0 Å². The van der Waals surface area contributed by atoms with E-state index in [1.807, 2.05) is 49.7 Å². The van der Waals surface area contributed by atoms with Crippen molar-refractivity contribution >= 4 is 29.0 Å². The minimum atomic E-state index is 0.0314. The normalized spacial score (nSPS) is 14.1. The monoisotopic (exact) mass is 326 g/mol.